The number of ether oxygens (including phenoxy) is 1. The average molecular weight is 428 g/mol. The van der Waals surface area contributed by atoms with Gasteiger partial charge in [-0.1, -0.05) is 25.5 Å². The molecule has 0 fully saturated rings. The Hall–Kier alpha value is -3.86. The third-order valence-electron chi connectivity index (χ3n) is 5.37. The molecule has 0 saturated heterocycles. The van der Waals surface area contributed by atoms with Crippen molar-refractivity contribution < 1.29 is 19.1 Å². The number of phenols is 1. The van der Waals surface area contributed by atoms with Gasteiger partial charge in [0, 0.05) is 29.1 Å². The Morgan fingerprint density at radius 3 is 2.59 bits per heavy atom. The van der Waals surface area contributed by atoms with Crippen molar-refractivity contribution >= 4 is 28.7 Å². The summed E-state index contributed by atoms with van der Waals surface area (Å²) >= 11 is 0. The first-order valence-corrected chi connectivity index (χ1v) is 10.7. The zero-order chi connectivity index (χ0) is 22.5. The van der Waals surface area contributed by atoms with E-state index in [0.717, 1.165) is 18.2 Å². The number of carbonyl (C=O) groups is 1. The quantitative estimate of drug-likeness (QED) is 0.258. The van der Waals surface area contributed by atoms with Gasteiger partial charge in [-0.05, 0) is 61.0 Å². The number of ketones is 1. The summed E-state index contributed by atoms with van der Waals surface area (Å²) in [7, 11) is 1.60. The molecule has 5 nitrogen and oxygen atoms in total. The van der Waals surface area contributed by atoms with E-state index in [9.17, 15) is 9.90 Å². The summed E-state index contributed by atoms with van der Waals surface area (Å²) in [5.41, 5.74) is 3.12. The minimum atomic E-state index is -0.0839. The number of hydrogen-bond acceptors (Lipinski definition) is 5. The molecular weight excluding hydrogens is 402 g/mol. The Kier molecular flexibility index (Phi) is 6.36. The number of fused-ring (bicyclic) bond motifs is 1. The van der Waals surface area contributed by atoms with Crippen LogP contribution in [0.2, 0.25) is 0 Å². The molecule has 0 unspecified atom stereocenters. The zero-order valence-electron chi connectivity index (χ0n) is 18.2. The van der Waals surface area contributed by atoms with Crippen LogP contribution in [0.15, 0.2) is 76.1 Å². The highest BCUT2D eigenvalue weighted by molar-refractivity contribution is 6.17. The van der Waals surface area contributed by atoms with Gasteiger partial charge in [-0.15, -0.1) is 0 Å². The number of aryl methyl sites for hydroxylation is 1. The fraction of sp³-hybridized carbons (Fsp3) is 0.185. The molecule has 0 aliphatic heterocycles. The van der Waals surface area contributed by atoms with Crippen LogP contribution >= 0.6 is 0 Å². The van der Waals surface area contributed by atoms with Crippen molar-refractivity contribution in [3.05, 3.63) is 89.2 Å². The smallest absolute Gasteiger partial charge is 0.197 e. The normalized spacial score (nSPS) is 11.3. The molecule has 0 bridgehead atoms. The standard InChI is InChI=1S/C27H25NO4/c1-3-4-9-25-26(27(30)18-10-13-21(31-2)14-11-18)22-16-20(12-15-24(22)32-25)28-17-19-7-5-6-8-23(19)29/h5-8,10-17,29H,3-4,9H2,1-2H3. The SMILES string of the molecule is CCCCc1oc2ccc(N=Cc3ccccc3O)cc2c1C(=O)c1ccc(OC)cc1. The van der Waals surface area contributed by atoms with Gasteiger partial charge in [-0.3, -0.25) is 9.79 Å². The Balaban J connectivity index is 1.76. The molecular formula is C27H25NO4. The van der Waals surface area contributed by atoms with Crippen molar-refractivity contribution in [3.8, 4) is 11.5 Å². The minimum absolute atomic E-state index is 0.0839. The molecule has 0 aliphatic carbocycles. The van der Waals surface area contributed by atoms with Gasteiger partial charge in [0.2, 0.25) is 0 Å². The fourth-order valence-electron chi connectivity index (χ4n) is 3.61. The van der Waals surface area contributed by atoms with E-state index in [1.165, 1.54) is 0 Å². The third-order valence-corrected chi connectivity index (χ3v) is 5.37. The molecule has 3 aromatic carbocycles. The molecule has 0 atom stereocenters. The predicted molar refractivity (Wildman–Crippen MR) is 127 cm³/mol. The maximum Gasteiger partial charge on any atom is 0.197 e. The second-order valence-corrected chi connectivity index (χ2v) is 7.56. The topological polar surface area (TPSA) is 72.0 Å². The van der Waals surface area contributed by atoms with Gasteiger partial charge in [-0.2, -0.15) is 0 Å². The number of benzene rings is 3. The van der Waals surface area contributed by atoms with Crippen molar-refractivity contribution in [1.29, 1.82) is 0 Å². The monoisotopic (exact) mass is 427 g/mol. The lowest BCUT2D eigenvalue weighted by atomic mass is 9.98. The van der Waals surface area contributed by atoms with Crippen molar-refractivity contribution in [3.63, 3.8) is 0 Å². The van der Waals surface area contributed by atoms with Gasteiger partial charge < -0.3 is 14.3 Å². The summed E-state index contributed by atoms with van der Waals surface area (Å²) in [5.74, 6) is 1.48. The van der Waals surface area contributed by atoms with Crippen LogP contribution in [0.25, 0.3) is 11.0 Å². The summed E-state index contributed by atoms with van der Waals surface area (Å²) in [6.45, 7) is 2.11. The fourth-order valence-corrected chi connectivity index (χ4v) is 3.61. The summed E-state index contributed by atoms with van der Waals surface area (Å²) in [6.07, 6.45) is 4.24. The second-order valence-electron chi connectivity index (χ2n) is 7.56. The highest BCUT2D eigenvalue weighted by Gasteiger charge is 2.22. The number of rotatable bonds is 8. The molecule has 1 heterocycles. The van der Waals surface area contributed by atoms with E-state index in [2.05, 4.69) is 11.9 Å². The van der Waals surface area contributed by atoms with Crippen molar-refractivity contribution in [2.24, 2.45) is 4.99 Å². The number of carbonyl (C=O) groups excluding carboxylic acids is 1. The molecule has 162 valence electrons. The van der Waals surface area contributed by atoms with E-state index >= 15 is 0 Å². The van der Waals surface area contributed by atoms with E-state index in [0.29, 0.717) is 45.9 Å². The first kappa shape index (κ1) is 21.4. The van der Waals surface area contributed by atoms with Gasteiger partial charge >= 0.3 is 0 Å². The zero-order valence-corrected chi connectivity index (χ0v) is 18.2. The van der Waals surface area contributed by atoms with E-state index in [1.54, 1.807) is 55.8 Å². The van der Waals surface area contributed by atoms with Gasteiger partial charge in [0.15, 0.2) is 5.78 Å². The Labute approximate surface area is 187 Å². The number of nitrogens with zero attached hydrogens (tertiary/aromatic N) is 1. The third kappa shape index (κ3) is 4.42. The van der Waals surface area contributed by atoms with Crippen LogP contribution in [0.5, 0.6) is 11.5 Å². The molecule has 1 N–H and O–H groups in total. The number of aliphatic imine (C=N–C) groups is 1. The van der Waals surface area contributed by atoms with Crippen LogP contribution in [0.4, 0.5) is 5.69 Å². The summed E-state index contributed by atoms with van der Waals surface area (Å²) in [4.78, 5) is 18.0. The first-order chi connectivity index (χ1) is 15.6. The summed E-state index contributed by atoms with van der Waals surface area (Å²) < 4.78 is 11.3. The number of unbranched alkanes of at least 4 members (excludes halogenated alkanes) is 1. The van der Waals surface area contributed by atoms with Crippen LogP contribution in [0, 0.1) is 0 Å². The molecule has 4 aromatic rings. The highest BCUT2D eigenvalue weighted by Crippen LogP contribution is 2.32. The second kappa shape index (κ2) is 9.52. The summed E-state index contributed by atoms with van der Waals surface area (Å²) in [5, 5.41) is 10.7. The van der Waals surface area contributed by atoms with E-state index in [-0.39, 0.29) is 11.5 Å². The average Bonchev–Trinajstić information content (AvgIpc) is 3.19. The molecule has 0 aliphatic rings. The van der Waals surface area contributed by atoms with Crippen molar-refractivity contribution in [2.75, 3.05) is 7.11 Å². The molecule has 32 heavy (non-hydrogen) atoms. The van der Waals surface area contributed by atoms with E-state index in [4.69, 9.17) is 9.15 Å². The largest absolute Gasteiger partial charge is 0.507 e. The molecule has 4 rings (SSSR count). The number of furan rings is 1. The van der Waals surface area contributed by atoms with Crippen LogP contribution in [0.1, 0.15) is 47.0 Å². The van der Waals surface area contributed by atoms with Crippen LogP contribution < -0.4 is 4.74 Å². The molecule has 5 heteroatoms. The first-order valence-electron chi connectivity index (χ1n) is 10.7. The van der Waals surface area contributed by atoms with Crippen LogP contribution in [-0.2, 0) is 6.42 Å². The van der Waals surface area contributed by atoms with E-state index < -0.39 is 0 Å². The number of aromatic hydroxyl groups is 1. The van der Waals surface area contributed by atoms with Crippen molar-refractivity contribution in [1.82, 2.24) is 0 Å². The van der Waals surface area contributed by atoms with Crippen molar-refractivity contribution in [2.45, 2.75) is 26.2 Å². The highest BCUT2D eigenvalue weighted by atomic mass is 16.5. The lowest BCUT2D eigenvalue weighted by molar-refractivity contribution is 0.103. The lowest BCUT2D eigenvalue weighted by Crippen LogP contribution is -2.04. The van der Waals surface area contributed by atoms with Gasteiger partial charge in [-0.25, -0.2) is 0 Å². The maximum atomic E-state index is 13.5. The van der Waals surface area contributed by atoms with Gasteiger partial charge in [0.1, 0.15) is 22.8 Å². The lowest BCUT2D eigenvalue weighted by Gasteiger charge is -2.05. The molecule has 0 spiro atoms. The maximum absolute atomic E-state index is 13.5. The van der Waals surface area contributed by atoms with Crippen LogP contribution in [-0.4, -0.2) is 24.2 Å². The molecule has 0 amide bonds. The number of methoxy groups -OCH3 is 1. The number of phenolic OH excluding ortho intramolecular Hbond substituents is 1. The molecule has 0 saturated carbocycles. The summed E-state index contributed by atoms with van der Waals surface area (Å²) in [6, 6.07) is 19.6. The van der Waals surface area contributed by atoms with Crippen LogP contribution in [0.3, 0.4) is 0 Å². The number of hydrogen-bond donors (Lipinski definition) is 1. The van der Waals surface area contributed by atoms with Gasteiger partial charge in [0.05, 0.1) is 18.4 Å². The molecule has 1 aromatic heterocycles. The van der Waals surface area contributed by atoms with Gasteiger partial charge in [0.25, 0.3) is 0 Å². The predicted octanol–water partition coefficient (Wildman–Crippen LogP) is 6.47. The molecule has 0 radical (unpaired) electrons. The van der Waals surface area contributed by atoms with E-state index in [1.807, 2.05) is 24.3 Å². The minimum Gasteiger partial charge on any atom is -0.507 e. The Morgan fingerprint density at radius 1 is 1.09 bits per heavy atom. The Morgan fingerprint density at radius 2 is 1.88 bits per heavy atom. The Bertz CT molecular complexity index is 1270. The number of para-hydroxylation sites is 1.